The first kappa shape index (κ1) is 15.6. The standard InChI is InChI=1S/C16H15N3O5/c1-10(17-12-5-6-14-15(8-12)24-9-23-14)16(20)18-11-3-2-4-13(7-11)19(21)22/h2-8,10,17H,9H2,1H3,(H,18,20)/t10-/m0/s1. The topological polar surface area (TPSA) is 103 Å². The second-order valence-electron chi connectivity index (χ2n) is 5.23. The summed E-state index contributed by atoms with van der Waals surface area (Å²) in [6.07, 6.45) is 0. The summed E-state index contributed by atoms with van der Waals surface area (Å²) in [4.78, 5) is 22.5. The summed E-state index contributed by atoms with van der Waals surface area (Å²) in [6.45, 7) is 1.87. The minimum absolute atomic E-state index is 0.0795. The Labute approximate surface area is 137 Å². The molecule has 124 valence electrons. The molecule has 2 aromatic rings. The number of amides is 1. The van der Waals surface area contributed by atoms with Crippen LogP contribution < -0.4 is 20.1 Å². The van der Waals surface area contributed by atoms with Gasteiger partial charge in [0.2, 0.25) is 12.7 Å². The van der Waals surface area contributed by atoms with E-state index >= 15 is 0 Å². The molecular formula is C16H15N3O5. The van der Waals surface area contributed by atoms with Gasteiger partial charge in [-0.1, -0.05) is 6.07 Å². The molecule has 24 heavy (non-hydrogen) atoms. The van der Waals surface area contributed by atoms with E-state index in [0.717, 1.165) is 0 Å². The van der Waals surface area contributed by atoms with E-state index in [2.05, 4.69) is 10.6 Å². The molecule has 2 aromatic carbocycles. The average Bonchev–Trinajstić information content (AvgIpc) is 3.02. The fourth-order valence-corrected chi connectivity index (χ4v) is 2.25. The molecule has 0 aliphatic carbocycles. The van der Waals surface area contributed by atoms with Crippen molar-refractivity contribution >= 4 is 23.0 Å². The quantitative estimate of drug-likeness (QED) is 0.646. The van der Waals surface area contributed by atoms with Crippen molar-refractivity contribution in [2.75, 3.05) is 17.4 Å². The number of fused-ring (bicyclic) bond motifs is 1. The molecule has 1 aliphatic heterocycles. The highest BCUT2D eigenvalue weighted by Crippen LogP contribution is 2.34. The molecule has 8 nitrogen and oxygen atoms in total. The number of ether oxygens (including phenoxy) is 2. The van der Waals surface area contributed by atoms with Gasteiger partial charge >= 0.3 is 0 Å². The van der Waals surface area contributed by atoms with E-state index in [1.807, 2.05) is 0 Å². The van der Waals surface area contributed by atoms with Gasteiger partial charge in [0.25, 0.3) is 5.69 Å². The van der Waals surface area contributed by atoms with Crippen LogP contribution in [0.3, 0.4) is 0 Å². The number of nitro groups is 1. The monoisotopic (exact) mass is 329 g/mol. The smallest absolute Gasteiger partial charge is 0.271 e. The van der Waals surface area contributed by atoms with Gasteiger partial charge in [-0.2, -0.15) is 0 Å². The number of carbonyl (C=O) groups excluding carboxylic acids is 1. The van der Waals surface area contributed by atoms with Gasteiger partial charge in [-0.3, -0.25) is 14.9 Å². The van der Waals surface area contributed by atoms with E-state index in [9.17, 15) is 14.9 Å². The van der Waals surface area contributed by atoms with E-state index in [4.69, 9.17) is 9.47 Å². The van der Waals surface area contributed by atoms with Crippen LogP contribution in [0.4, 0.5) is 17.1 Å². The van der Waals surface area contributed by atoms with Crippen molar-refractivity contribution in [3.63, 3.8) is 0 Å². The molecule has 0 spiro atoms. The van der Waals surface area contributed by atoms with E-state index in [1.165, 1.54) is 18.2 Å². The number of anilines is 2. The van der Waals surface area contributed by atoms with Crippen molar-refractivity contribution in [1.29, 1.82) is 0 Å². The zero-order valence-corrected chi connectivity index (χ0v) is 12.8. The van der Waals surface area contributed by atoms with E-state index in [0.29, 0.717) is 22.9 Å². The molecule has 1 amide bonds. The molecule has 0 unspecified atom stereocenters. The van der Waals surface area contributed by atoms with Gasteiger partial charge < -0.3 is 20.1 Å². The highest BCUT2D eigenvalue weighted by atomic mass is 16.7. The lowest BCUT2D eigenvalue weighted by molar-refractivity contribution is -0.384. The molecule has 0 saturated carbocycles. The molecule has 0 saturated heterocycles. The van der Waals surface area contributed by atoms with Crippen LogP contribution in [0.2, 0.25) is 0 Å². The van der Waals surface area contributed by atoms with E-state index in [-0.39, 0.29) is 18.4 Å². The lowest BCUT2D eigenvalue weighted by Crippen LogP contribution is -2.31. The zero-order chi connectivity index (χ0) is 17.1. The lowest BCUT2D eigenvalue weighted by Gasteiger charge is -2.15. The third-order valence-electron chi connectivity index (χ3n) is 3.47. The molecule has 0 bridgehead atoms. The Hall–Kier alpha value is -3.29. The summed E-state index contributed by atoms with van der Waals surface area (Å²) in [6, 6.07) is 10.5. The number of nitrogens with zero attached hydrogens (tertiary/aromatic N) is 1. The third-order valence-corrected chi connectivity index (χ3v) is 3.47. The summed E-state index contributed by atoms with van der Waals surface area (Å²) in [5.74, 6) is 0.966. The fraction of sp³-hybridized carbons (Fsp3) is 0.188. The second kappa shape index (κ2) is 6.45. The van der Waals surface area contributed by atoms with Crippen LogP contribution in [0.15, 0.2) is 42.5 Å². The maximum absolute atomic E-state index is 12.2. The average molecular weight is 329 g/mol. The number of hydrogen-bond donors (Lipinski definition) is 2. The highest BCUT2D eigenvalue weighted by molar-refractivity contribution is 5.96. The van der Waals surface area contributed by atoms with Crippen LogP contribution in [-0.2, 0) is 4.79 Å². The molecular weight excluding hydrogens is 314 g/mol. The normalized spacial score (nSPS) is 13.2. The van der Waals surface area contributed by atoms with Crippen molar-refractivity contribution in [2.24, 2.45) is 0 Å². The molecule has 3 rings (SSSR count). The van der Waals surface area contributed by atoms with Crippen molar-refractivity contribution in [1.82, 2.24) is 0 Å². The molecule has 1 heterocycles. The van der Waals surface area contributed by atoms with Crippen molar-refractivity contribution in [3.8, 4) is 11.5 Å². The van der Waals surface area contributed by atoms with Crippen LogP contribution in [0.1, 0.15) is 6.92 Å². The zero-order valence-electron chi connectivity index (χ0n) is 12.8. The summed E-state index contributed by atoms with van der Waals surface area (Å²) in [5.41, 5.74) is 0.999. The molecule has 0 aromatic heterocycles. The number of nitro benzene ring substituents is 1. The molecule has 0 radical (unpaired) electrons. The van der Waals surface area contributed by atoms with Gasteiger partial charge in [-0.05, 0) is 25.1 Å². The molecule has 2 N–H and O–H groups in total. The Morgan fingerprint density at radius 3 is 2.75 bits per heavy atom. The first-order chi connectivity index (χ1) is 11.5. The van der Waals surface area contributed by atoms with Gasteiger partial charge in [0.15, 0.2) is 11.5 Å². The number of carbonyl (C=O) groups is 1. The van der Waals surface area contributed by atoms with E-state index in [1.54, 1.807) is 31.2 Å². The minimum atomic E-state index is -0.551. The maximum atomic E-state index is 12.2. The van der Waals surface area contributed by atoms with Gasteiger partial charge in [0.05, 0.1) is 4.92 Å². The lowest BCUT2D eigenvalue weighted by atomic mass is 10.2. The van der Waals surface area contributed by atoms with Crippen LogP contribution in [0.5, 0.6) is 11.5 Å². The number of benzene rings is 2. The minimum Gasteiger partial charge on any atom is -0.454 e. The van der Waals surface area contributed by atoms with Gasteiger partial charge in [0.1, 0.15) is 6.04 Å². The van der Waals surface area contributed by atoms with Gasteiger partial charge in [-0.25, -0.2) is 0 Å². The Kier molecular flexibility index (Phi) is 4.19. The molecule has 0 fully saturated rings. The number of rotatable bonds is 5. The Morgan fingerprint density at radius 1 is 1.17 bits per heavy atom. The Bertz CT molecular complexity index is 793. The summed E-state index contributed by atoms with van der Waals surface area (Å²) < 4.78 is 10.5. The number of hydrogen-bond acceptors (Lipinski definition) is 6. The molecule has 1 aliphatic rings. The Balaban J connectivity index is 1.64. The summed E-state index contributed by atoms with van der Waals surface area (Å²) in [7, 11) is 0. The first-order valence-electron chi connectivity index (χ1n) is 7.24. The van der Waals surface area contributed by atoms with Crippen molar-refractivity contribution < 1.29 is 19.2 Å². The van der Waals surface area contributed by atoms with E-state index < -0.39 is 11.0 Å². The Morgan fingerprint density at radius 2 is 1.96 bits per heavy atom. The van der Waals surface area contributed by atoms with Gasteiger partial charge in [0, 0.05) is 29.6 Å². The van der Waals surface area contributed by atoms with Crippen LogP contribution in [-0.4, -0.2) is 23.7 Å². The maximum Gasteiger partial charge on any atom is 0.271 e. The predicted octanol–water partition coefficient (Wildman–Crippen LogP) is 2.76. The SMILES string of the molecule is C[C@H](Nc1ccc2c(c1)OCO2)C(=O)Nc1cccc([N+](=O)[O-])c1. The largest absolute Gasteiger partial charge is 0.454 e. The summed E-state index contributed by atoms with van der Waals surface area (Å²) >= 11 is 0. The van der Waals surface area contributed by atoms with Crippen molar-refractivity contribution in [2.45, 2.75) is 13.0 Å². The first-order valence-corrected chi connectivity index (χ1v) is 7.24. The highest BCUT2D eigenvalue weighted by Gasteiger charge is 2.17. The summed E-state index contributed by atoms with van der Waals surface area (Å²) in [5, 5.41) is 16.5. The van der Waals surface area contributed by atoms with Crippen LogP contribution in [0, 0.1) is 10.1 Å². The fourth-order valence-electron chi connectivity index (χ4n) is 2.25. The molecule has 8 heteroatoms. The van der Waals surface area contributed by atoms with Crippen LogP contribution >= 0.6 is 0 Å². The van der Waals surface area contributed by atoms with Crippen molar-refractivity contribution in [3.05, 3.63) is 52.6 Å². The second-order valence-corrected chi connectivity index (χ2v) is 5.23. The van der Waals surface area contributed by atoms with Crippen LogP contribution in [0.25, 0.3) is 0 Å². The number of nitrogens with one attached hydrogen (secondary N) is 2. The van der Waals surface area contributed by atoms with Gasteiger partial charge in [-0.15, -0.1) is 0 Å². The third kappa shape index (κ3) is 3.37. The predicted molar refractivity (Wildman–Crippen MR) is 87.4 cm³/mol. The number of non-ortho nitro benzene ring substituents is 1. The molecule has 1 atom stereocenters.